The van der Waals surface area contributed by atoms with Crippen molar-refractivity contribution in [2.45, 2.75) is 6.54 Å². The van der Waals surface area contributed by atoms with Crippen molar-refractivity contribution in [3.05, 3.63) is 30.2 Å². The van der Waals surface area contributed by atoms with Crippen molar-refractivity contribution >= 4 is 5.82 Å². The van der Waals surface area contributed by atoms with Crippen LogP contribution in [0.15, 0.2) is 24.7 Å². The van der Waals surface area contributed by atoms with Crippen LogP contribution in [0.2, 0.25) is 0 Å². The molecule has 2 aromatic rings. The molecular weight excluding hydrogens is 188 g/mol. The molecule has 0 aromatic carbocycles. The molecule has 0 radical (unpaired) electrons. The summed E-state index contributed by atoms with van der Waals surface area (Å²) in [6, 6.07) is 2.19. The molecule has 0 N–H and O–H groups in total. The third-order valence-electron chi connectivity index (χ3n) is 2.75. The zero-order valence-corrected chi connectivity index (χ0v) is 8.81. The summed E-state index contributed by atoms with van der Waals surface area (Å²) in [5.41, 5.74) is 3.59. The first-order valence-electron chi connectivity index (χ1n) is 4.93. The van der Waals surface area contributed by atoms with E-state index in [0.717, 1.165) is 23.5 Å². The Morgan fingerprint density at radius 2 is 2.07 bits per heavy atom. The smallest absolute Gasteiger partial charge is 0.133 e. The summed E-state index contributed by atoms with van der Waals surface area (Å²) in [6.07, 6.45) is 5.78. The summed E-state index contributed by atoms with van der Waals surface area (Å²) < 4.78 is 1.81. The highest BCUT2D eigenvalue weighted by Gasteiger charge is 2.20. The predicted molar refractivity (Wildman–Crippen MR) is 58.5 cm³/mol. The second-order valence-electron chi connectivity index (χ2n) is 3.97. The molecule has 1 aliphatic heterocycles. The highest BCUT2D eigenvalue weighted by molar-refractivity contribution is 5.67. The molecule has 4 heteroatoms. The number of fused-ring (bicyclic) bond motifs is 1. The average molecular weight is 200 g/mol. The van der Waals surface area contributed by atoms with Gasteiger partial charge in [-0.15, -0.1) is 0 Å². The van der Waals surface area contributed by atoms with Gasteiger partial charge >= 0.3 is 0 Å². The lowest BCUT2D eigenvalue weighted by Gasteiger charge is -2.30. The highest BCUT2D eigenvalue weighted by atomic mass is 15.2. The van der Waals surface area contributed by atoms with E-state index in [2.05, 4.69) is 28.1 Å². The van der Waals surface area contributed by atoms with Gasteiger partial charge in [-0.3, -0.25) is 4.68 Å². The Morgan fingerprint density at radius 1 is 1.20 bits per heavy atom. The molecule has 3 rings (SSSR count). The van der Waals surface area contributed by atoms with Crippen LogP contribution in [-0.4, -0.2) is 21.8 Å². The summed E-state index contributed by atoms with van der Waals surface area (Å²) in [5.74, 6) is 1.10. The van der Waals surface area contributed by atoms with Crippen molar-refractivity contribution in [3.8, 4) is 11.1 Å². The molecule has 0 unspecified atom stereocenters. The van der Waals surface area contributed by atoms with Gasteiger partial charge in [0, 0.05) is 49.7 Å². The fraction of sp³-hybridized carbons (Fsp3) is 0.273. The summed E-state index contributed by atoms with van der Waals surface area (Å²) in [6.45, 7) is 0.996. The number of hydrogen-bond donors (Lipinski definition) is 0. The van der Waals surface area contributed by atoms with E-state index in [9.17, 15) is 0 Å². The van der Waals surface area contributed by atoms with E-state index in [-0.39, 0.29) is 0 Å². The molecule has 15 heavy (non-hydrogen) atoms. The normalized spacial score (nSPS) is 13.6. The molecule has 0 saturated heterocycles. The second kappa shape index (κ2) is 2.82. The maximum atomic E-state index is 4.42. The average Bonchev–Trinajstić information content (AvgIpc) is 2.63. The molecule has 0 fully saturated rings. The number of pyridine rings is 1. The first-order chi connectivity index (χ1) is 7.24. The third-order valence-corrected chi connectivity index (χ3v) is 2.75. The minimum absolute atomic E-state index is 0.996. The summed E-state index contributed by atoms with van der Waals surface area (Å²) >= 11 is 0. The lowest BCUT2D eigenvalue weighted by Crippen LogP contribution is -2.28. The van der Waals surface area contributed by atoms with E-state index in [4.69, 9.17) is 0 Å². The standard InChI is InChI=1S/C11H12N4/c1-14-6-9-3-8(4-12-11(9)14)10-5-13-15(2)7-10/h3-5,7H,6H2,1-2H3. The van der Waals surface area contributed by atoms with E-state index in [1.54, 1.807) is 4.68 Å². The molecule has 4 nitrogen and oxygen atoms in total. The van der Waals surface area contributed by atoms with Crippen molar-refractivity contribution in [2.24, 2.45) is 7.05 Å². The van der Waals surface area contributed by atoms with Crippen LogP contribution in [0.4, 0.5) is 5.82 Å². The Hall–Kier alpha value is -1.84. The van der Waals surface area contributed by atoms with Crippen LogP contribution >= 0.6 is 0 Å². The summed E-state index contributed by atoms with van der Waals surface area (Å²) in [5, 5.41) is 4.16. The molecule has 3 heterocycles. The number of rotatable bonds is 1. The number of hydrogen-bond acceptors (Lipinski definition) is 3. The topological polar surface area (TPSA) is 34.0 Å². The Labute approximate surface area is 88.2 Å². The largest absolute Gasteiger partial charge is 0.355 e. The van der Waals surface area contributed by atoms with Gasteiger partial charge in [-0.1, -0.05) is 0 Å². The maximum absolute atomic E-state index is 4.42. The Morgan fingerprint density at radius 3 is 2.67 bits per heavy atom. The van der Waals surface area contributed by atoms with Crippen molar-refractivity contribution in [2.75, 3.05) is 11.9 Å². The van der Waals surface area contributed by atoms with Gasteiger partial charge in [0.05, 0.1) is 6.20 Å². The van der Waals surface area contributed by atoms with Crippen LogP contribution in [0, 0.1) is 0 Å². The van der Waals surface area contributed by atoms with Gasteiger partial charge in [0.25, 0.3) is 0 Å². The molecule has 2 aromatic heterocycles. The number of aromatic nitrogens is 3. The van der Waals surface area contributed by atoms with Gasteiger partial charge < -0.3 is 4.90 Å². The number of aryl methyl sites for hydroxylation is 1. The van der Waals surface area contributed by atoms with Crippen molar-refractivity contribution < 1.29 is 0 Å². The van der Waals surface area contributed by atoms with Crippen LogP contribution in [0.1, 0.15) is 5.56 Å². The molecule has 0 atom stereocenters. The highest BCUT2D eigenvalue weighted by Crippen LogP contribution is 2.31. The first-order valence-corrected chi connectivity index (χ1v) is 4.93. The second-order valence-corrected chi connectivity index (χ2v) is 3.97. The van der Waals surface area contributed by atoms with Gasteiger partial charge in [-0.25, -0.2) is 4.98 Å². The first kappa shape index (κ1) is 8.47. The maximum Gasteiger partial charge on any atom is 0.133 e. The quantitative estimate of drug-likeness (QED) is 0.698. The van der Waals surface area contributed by atoms with Gasteiger partial charge in [-0.2, -0.15) is 5.10 Å². The van der Waals surface area contributed by atoms with Crippen LogP contribution in [0.3, 0.4) is 0 Å². The Balaban J connectivity index is 2.04. The van der Waals surface area contributed by atoms with Gasteiger partial charge in [0.1, 0.15) is 5.82 Å². The van der Waals surface area contributed by atoms with Crippen LogP contribution in [0.5, 0.6) is 0 Å². The Bertz CT molecular complexity index is 515. The van der Waals surface area contributed by atoms with Crippen molar-refractivity contribution in [1.29, 1.82) is 0 Å². The molecule has 1 aliphatic rings. The van der Waals surface area contributed by atoms with Crippen LogP contribution in [0.25, 0.3) is 11.1 Å². The van der Waals surface area contributed by atoms with E-state index in [1.165, 1.54) is 5.56 Å². The van der Waals surface area contributed by atoms with Crippen LogP contribution in [-0.2, 0) is 13.6 Å². The number of nitrogens with zero attached hydrogens (tertiary/aromatic N) is 4. The molecule has 0 bridgehead atoms. The lowest BCUT2D eigenvalue weighted by molar-refractivity contribution is 0.768. The van der Waals surface area contributed by atoms with Gasteiger partial charge in [0.2, 0.25) is 0 Å². The third kappa shape index (κ3) is 1.21. The molecule has 0 amide bonds. The zero-order valence-electron chi connectivity index (χ0n) is 8.81. The fourth-order valence-electron chi connectivity index (χ4n) is 1.93. The van der Waals surface area contributed by atoms with E-state index >= 15 is 0 Å². The fourth-order valence-corrected chi connectivity index (χ4v) is 1.93. The number of anilines is 1. The minimum Gasteiger partial charge on any atom is -0.355 e. The molecule has 0 spiro atoms. The van der Waals surface area contributed by atoms with E-state index < -0.39 is 0 Å². The Kier molecular flexibility index (Phi) is 1.59. The SMILES string of the molecule is CN1Cc2cc(-c3cnn(C)c3)cnc21. The van der Waals surface area contributed by atoms with Crippen molar-refractivity contribution in [3.63, 3.8) is 0 Å². The zero-order chi connectivity index (χ0) is 10.4. The van der Waals surface area contributed by atoms with Crippen molar-refractivity contribution in [1.82, 2.24) is 14.8 Å². The molecular formula is C11H12N4. The predicted octanol–water partition coefficient (Wildman–Crippen LogP) is 1.43. The van der Waals surface area contributed by atoms with E-state index in [0.29, 0.717) is 0 Å². The van der Waals surface area contributed by atoms with Crippen LogP contribution < -0.4 is 4.90 Å². The summed E-state index contributed by atoms with van der Waals surface area (Å²) in [4.78, 5) is 6.56. The van der Waals surface area contributed by atoms with E-state index in [1.807, 2.05) is 25.6 Å². The summed E-state index contributed by atoms with van der Waals surface area (Å²) in [7, 11) is 3.98. The molecule has 0 aliphatic carbocycles. The molecule has 0 saturated carbocycles. The molecule has 76 valence electrons. The van der Waals surface area contributed by atoms with Gasteiger partial charge in [0.15, 0.2) is 0 Å². The minimum atomic E-state index is 0.996. The lowest BCUT2D eigenvalue weighted by atomic mass is 10.0. The monoisotopic (exact) mass is 200 g/mol. The van der Waals surface area contributed by atoms with Gasteiger partial charge in [-0.05, 0) is 6.07 Å².